The molecule has 1 aromatic carbocycles. The van der Waals surface area contributed by atoms with Crippen molar-refractivity contribution in [3.8, 4) is 0 Å². The number of benzene rings is 1. The van der Waals surface area contributed by atoms with Gasteiger partial charge in [0.05, 0.1) is 6.21 Å². The Morgan fingerprint density at radius 2 is 2.19 bits per heavy atom. The fourth-order valence-electron chi connectivity index (χ4n) is 2.18. The highest BCUT2D eigenvalue weighted by Gasteiger charge is 2.07. The number of para-hydroxylation sites is 1. The second-order valence-electron chi connectivity index (χ2n) is 4.64. The van der Waals surface area contributed by atoms with E-state index in [0.717, 1.165) is 26.6 Å². The van der Waals surface area contributed by atoms with Gasteiger partial charge in [0.25, 0.3) is 5.91 Å². The quantitative estimate of drug-likeness (QED) is 0.494. The molecule has 0 aliphatic carbocycles. The molecule has 5 nitrogen and oxygen atoms in total. The van der Waals surface area contributed by atoms with Crippen LogP contribution in [0.15, 0.2) is 46.1 Å². The lowest BCUT2D eigenvalue weighted by molar-refractivity contribution is 0.0951. The van der Waals surface area contributed by atoms with Crippen LogP contribution in [-0.2, 0) is 0 Å². The molecule has 3 N–H and O–H groups in total. The number of nitrogens with one attached hydrogen (secondary N) is 3. The predicted octanol–water partition coefficient (Wildman–Crippen LogP) is 3.33. The molecule has 3 aromatic rings. The molecule has 0 spiro atoms. The van der Waals surface area contributed by atoms with Crippen LogP contribution in [0.2, 0.25) is 0 Å². The van der Waals surface area contributed by atoms with Crippen molar-refractivity contribution in [3.63, 3.8) is 0 Å². The van der Waals surface area contributed by atoms with Gasteiger partial charge in [0.2, 0.25) is 0 Å². The first-order valence-electron chi connectivity index (χ1n) is 6.40. The average molecular weight is 345 g/mol. The number of carbonyl (C=O) groups excluding carboxylic acids is 1. The summed E-state index contributed by atoms with van der Waals surface area (Å²) in [5.41, 5.74) is 5.99. The SMILES string of the molecule is Cc1[nH]c2ccccc2c1/C=N/NC(=O)c1cc(Br)c[nH]1. The third-order valence-corrected chi connectivity index (χ3v) is 3.65. The number of halogens is 1. The zero-order valence-corrected chi connectivity index (χ0v) is 12.9. The number of hydrazone groups is 1. The average Bonchev–Trinajstić information content (AvgIpc) is 3.03. The van der Waals surface area contributed by atoms with E-state index in [1.165, 1.54) is 0 Å². The maximum atomic E-state index is 11.9. The molecule has 6 heteroatoms. The molecule has 1 amide bonds. The van der Waals surface area contributed by atoms with Gasteiger partial charge in [-0.25, -0.2) is 5.43 Å². The number of amides is 1. The van der Waals surface area contributed by atoms with Crippen LogP contribution in [0.3, 0.4) is 0 Å². The Morgan fingerprint density at radius 1 is 1.38 bits per heavy atom. The van der Waals surface area contributed by atoms with E-state index in [1.54, 1.807) is 18.5 Å². The maximum Gasteiger partial charge on any atom is 0.287 e. The van der Waals surface area contributed by atoms with E-state index < -0.39 is 0 Å². The molecule has 2 heterocycles. The van der Waals surface area contributed by atoms with E-state index >= 15 is 0 Å². The minimum atomic E-state index is -0.283. The first-order chi connectivity index (χ1) is 10.1. The molecule has 106 valence electrons. The van der Waals surface area contributed by atoms with Crippen molar-refractivity contribution in [3.05, 3.63) is 58.0 Å². The minimum Gasteiger partial charge on any atom is -0.358 e. The van der Waals surface area contributed by atoms with Crippen LogP contribution in [0.1, 0.15) is 21.7 Å². The summed E-state index contributed by atoms with van der Waals surface area (Å²) in [5.74, 6) is -0.283. The van der Waals surface area contributed by atoms with Crippen molar-refractivity contribution in [2.75, 3.05) is 0 Å². The number of H-pyrrole nitrogens is 2. The van der Waals surface area contributed by atoms with E-state index in [4.69, 9.17) is 0 Å². The first kappa shape index (κ1) is 13.6. The van der Waals surface area contributed by atoms with E-state index in [-0.39, 0.29) is 5.91 Å². The predicted molar refractivity (Wildman–Crippen MR) is 86.6 cm³/mol. The second kappa shape index (κ2) is 5.57. The molecule has 0 unspecified atom stereocenters. The standard InChI is InChI=1S/C15H13BrN4O/c1-9-12(11-4-2-3-5-13(11)19-9)8-18-20-15(21)14-6-10(16)7-17-14/h2-8,17,19H,1H3,(H,20,21)/b18-8+. The van der Waals surface area contributed by atoms with E-state index in [9.17, 15) is 4.79 Å². The third-order valence-electron chi connectivity index (χ3n) is 3.20. The zero-order chi connectivity index (χ0) is 14.8. The Hall–Kier alpha value is -2.34. The zero-order valence-electron chi connectivity index (χ0n) is 11.3. The van der Waals surface area contributed by atoms with Gasteiger partial charge in [-0.2, -0.15) is 5.10 Å². The van der Waals surface area contributed by atoms with Gasteiger partial charge in [0.15, 0.2) is 0 Å². The van der Waals surface area contributed by atoms with Gasteiger partial charge >= 0.3 is 0 Å². The normalized spacial score (nSPS) is 11.3. The molecule has 0 fully saturated rings. The summed E-state index contributed by atoms with van der Waals surface area (Å²) in [5, 5.41) is 5.11. The summed E-state index contributed by atoms with van der Waals surface area (Å²) >= 11 is 3.28. The molecule has 2 aromatic heterocycles. The lowest BCUT2D eigenvalue weighted by Crippen LogP contribution is -2.17. The number of aromatic nitrogens is 2. The lowest BCUT2D eigenvalue weighted by atomic mass is 10.1. The van der Waals surface area contributed by atoms with Crippen LogP contribution >= 0.6 is 15.9 Å². The molecule has 0 bridgehead atoms. The molecule has 0 radical (unpaired) electrons. The molecule has 21 heavy (non-hydrogen) atoms. The number of hydrogen-bond acceptors (Lipinski definition) is 2. The highest BCUT2D eigenvalue weighted by atomic mass is 79.9. The van der Waals surface area contributed by atoms with Crippen molar-refractivity contribution in [1.29, 1.82) is 0 Å². The largest absolute Gasteiger partial charge is 0.358 e. The van der Waals surface area contributed by atoms with Gasteiger partial charge in [-0.05, 0) is 35.0 Å². The highest BCUT2D eigenvalue weighted by Crippen LogP contribution is 2.19. The number of fused-ring (bicyclic) bond motifs is 1. The van der Waals surface area contributed by atoms with E-state index in [2.05, 4.69) is 36.4 Å². The topological polar surface area (TPSA) is 73.0 Å². The van der Waals surface area contributed by atoms with Crippen molar-refractivity contribution in [2.45, 2.75) is 6.92 Å². The van der Waals surface area contributed by atoms with E-state index in [0.29, 0.717) is 5.69 Å². The molecule has 0 aliphatic heterocycles. The number of rotatable bonds is 3. The molecular formula is C15H13BrN4O. The summed E-state index contributed by atoms with van der Waals surface area (Å²) in [6.45, 7) is 1.98. The smallest absolute Gasteiger partial charge is 0.287 e. The van der Waals surface area contributed by atoms with Crippen LogP contribution in [0.25, 0.3) is 10.9 Å². The molecule has 3 rings (SSSR count). The van der Waals surface area contributed by atoms with Crippen LogP contribution in [-0.4, -0.2) is 22.1 Å². The van der Waals surface area contributed by atoms with Crippen molar-refractivity contribution >= 4 is 39.0 Å². The van der Waals surface area contributed by atoms with Gasteiger partial charge in [-0.1, -0.05) is 18.2 Å². The van der Waals surface area contributed by atoms with Crippen molar-refractivity contribution in [1.82, 2.24) is 15.4 Å². The van der Waals surface area contributed by atoms with Crippen LogP contribution in [0, 0.1) is 6.92 Å². The summed E-state index contributed by atoms with van der Waals surface area (Å²) in [4.78, 5) is 18.0. The Kier molecular flexibility index (Phi) is 3.62. The first-order valence-corrected chi connectivity index (χ1v) is 7.19. The van der Waals surface area contributed by atoms with Gasteiger partial charge in [0.1, 0.15) is 5.69 Å². The molecule has 0 aliphatic rings. The van der Waals surface area contributed by atoms with Crippen LogP contribution in [0.4, 0.5) is 0 Å². The maximum absolute atomic E-state index is 11.9. The fraction of sp³-hybridized carbons (Fsp3) is 0.0667. The van der Waals surface area contributed by atoms with Gasteiger partial charge in [0, 0.05) is 32.8 Å². The van der Waals surface area contributed by atoms with Crippen LogP contribution in [0.5, 0.6) is 0 Å². The lowest BCUT2D eigenvalue weighted by Gasteiger charge is -1.96. The van der Waals surface area contributed by atoms with E-state index in [1.807, 2.05) is 31.2 Å². The summed E-state index contributed by atoms with van der Waals surface area (Å²) in [7, 11) is 0. The third kappa shape index (κ3) is 2.75. The molecule has 0 saturated carbocycles. The second-order valence-corrected chi connectivity index (χ2v) is 5.56. The Balaban J connectivity index is 1.79. The Bertz CT molecular complexity index is 831. The Morgan fingerprint density at radius 3 is 2.95 bits per heavy atom. The van der Waals surface area contributed by atoms with Crippen molar-refractivity contribution < 1.29 is 4.79 Å². The highest BCUT2D eigenvalue weighted by molar-refractivity contribution is 9.10. The van der Waals surface area contributed by atoms with Crippen molar-refractivity contribution in [2.24, 2.45) is 5.10 Å². The monoisotopic (exact) mass is 344 g/mol. The fourth-order valence-corrected chi connectivity index (χ4v) is 2.52. The van der Waals surface area contributed by atoms with Crippen LogP contribution < -0.4 is 5.43 Å². The summed E-state index contributed by atoms with van der Waals surface area (Å²) in [6.07, 6.45) is 3.35. The van der Waals surface area contributed by atoms with Gasteiger partial charge < -0.3 is 9.97 Å². The number of aryl methyl sites for hydroxylation is 1. The minimum absolute atomic E-state index is 0.283. The molecule has 0 atom stereocenters. The van der Waals surface area contributed by atoms with Gasteiger partial charge in [-0.15, -0.1) is 0 Å². The summed E-state index contributed by atoms with van der Waals surface area (Å²) in [6, 6.07) is 9.67. The number of hydrogen-bond donors (Lipinski definition) is 3. The number of nitrogens with zero attached hydrogens (tertiary/aromatic N) is 1. The number of carbonyl (C=O) groups is 1. The molecule has 0 saturated heterocycles. The Labute approximate surface area is 129 Å². The number of aromatic amines is 2. The summed E-state index contributed by atoms with van der Waals surface area (Å²) < 4.78 is 0.823. The van der Waals surface area contributed by atoms with Gasteiger partial charge in [-0.3, -0.25) is 4.79 Å². The molecular weight excluding hydrogens is 332 g/mol.